The summed E-state index contributed by atoms with van der Waals surface area (Å²) >= 11 is 1.68. The second-order valence-electron chi connectivity index (χ2n) is 6.29. The molecule has 1 aliphatic carbocycles. The fourth-order valence-corrected chi connectivity index (χ4v) is 4.46. The average molecular weight is 332 g/mol. The number of fused-ring (bicyclic) bond motifs is 1. The fraction of sp³-hybridized carbons (Fsp3) is 0.444. The van der Waals surface area contributed by atoms with E-state index >= 15 is 0 Å². The van der Waals surface area contributed by atoms with Crippen molar-refractivity contribution in [3.05, 3.63) is 50.2 Å². The van der Waals surface area contributed by atoms with Gasteiger partial charge in [0, 0.05) is 12.6 Å². The number of aromatic nitrogens is 1. The Hall–Kier alpha value is -1.75. The molecule has 0 fully saturated rings. The van der Waals surface area contributed by atoms with E-state index in [1.807, 2.05) is 14.0 Å². The molecular formula is C18H21FN2OS. The van der Waals surface area contributed by atoms with Gasteiger partial charge in [-0.3, -0.25) is 4.79 Å². The monoisotopic (exact) mass is 332 g/mol. The lowest BCUT2D eigenvalue weighted by Crippen LogP contribution is -2.33. The Labute approximate surface area is 140 Å². The maximum atomic E-state index is 13.8. The Morgan fingerprint density at radius 2 is 1.96 bits per heavy atom. The zero-order valence-corrected chi connectivity index (χ0v) is 14.8. The summed E-state index contributed by atoms with van der Waals surface area (Å²) in [4.78, 5) is 20.5. The molecule has 1 amide bonds. The molecule has 2 aromatic rings. The van der Waals surface area contributed by atoms with Gasteiger partial charge in [-0.2, -0.15) is 0 Å². The first-order valence-electron chi connectivity index (χ1n) is 7.88. The average Bonchev–Trinajstić information content (AvgIpc) is 2.90. The number of rotatable bonds is 2. The number of hydrogen-bond acceptors (Lipinski definition) is 3. The molecule has 5 heteroatoms. The predicted molar refractivity (Wildman–Crippen MR) is 90.5 cm³/mol. The van der Waals surface area contributed by atoms with E-state index in [-0.39, 0.29) is 17.8 Å². The number of aryl methyl sites for hydroxylation is 4. The third-order valence-electron chi connectivity index (χ3n) is 4.50. The lowest BCUT2D eigenvalue weighted by atomic mass is 9.96. The maximum Gasteiger partial charge on any atom is 0.254 e. The molecule has 1 aliphatic rings. The van der Waals surface area contributed by atoms with E-state index in [2.05, 4.69) is 4.98 Å². The van der Waals surface area contributed by atoms with Crippen LogP contribution in [0.15, 0.2) is 12.1 Å². The minimum absolute atomic E-state index is 0.0555. The van der Waals surface area contributed by atoms with Crippen LogP contribution in [0.5, 0.6) is 0 Å². The van der Waals surface area contributed by atoms with Gasteiger partial charge in [0.1, 0.15) is 5.82 Å². The summed E-state index contributed by atoms with van der Waals surface area (Å²) in [6.45, 7) is 5.41. The quantitative estimate of drug-likeness (QED) is 0.819. The second kappa shape index (κ2) is 6.04. The van der Waals surface area contributed by atoms with Gasteiger partial charge in [-0.25, -0.2) is 9.37 Å². The molecule has 0 aliphatic heterocycles. The van der Waals surface area contributed by atoms with Crippen LogP contribution in [0.3, 0.4) is 0 Å². The zero-order chi connectivity index (χ0) is 16.7. The van der Waals surface area contributed by atoms with Crippen molar-refractivity contribution in [3.63, 3.8) is 0 Å². The van der Waals surface area contributed by atoms with Gasteiger partial charge in [0.05, 0.1) is 21.6 Å². The van der Waals surface area contributed by atoms with Gasteiger partial charge < -0.3 is 4.90 Å². The third kappa shape index (κ3) is 2.90. The first-order chi connectivity index (χ1) is 10.9. The van der Waals surface area contributed by atoms with Crippen molar-refractivity contribution >= 4 is 17.2 Å². The molecule has 0 N–H and O–H groups in total. The van der Waals surface area contributed by atoms with Gasteiger partial charge in [0.25, 0.3) is 5.91 Å². The molecule has 0 unspecified atom stereocenters. The molecule has 1 aromatic carbocycles. The molecule has 0 radical (unpaired) electrons. The fourth-order valence-electron chi connectivity index (χ4n) is 3.30. The maximum absolute atomic E-state index is 13.8. The Bertz CT molecular complexity index is 745. The molecule has 0 saturated carbocycles. The van der Waals surface area contributed by atoms with E-state index in [4.69, 9.17) is 0 Å². The lowest BCUT2D eigenvalue weighted by molar-refractivity contribution is 0.0717. The van der Waals surface area contributed by atoms with Crippen molar-refractivity contribution in [2.24, 2.45) is 0 Å². The van der Waals surface area contributed by atoms with Gasteiger partial charge in [0.2, 0.25) is 0 Å². The highest BCUT2D eigenvalue weighted by Gasteiger charge is 2.30. The normalized spacial score (nSPS) is 17.0. The van der Waals surface area contributed by atoms with Crippen LogP contribution in [0.25, 0.3) is 0 Å². The second-order valence-corrected chi connectivity index (χ2v) is 7.53. The van der Waals surface area contributed by atoms with Crippen LogP contribution in [0.2, 0.25) is 0 Å². The molecule has 0 saturated heterocycles. The first kappa shape index (κ1) is 16.1. The number of halogens is 1. The molecule has 0 spiro atoms. The van der Waals surface area contributed by atoms with E-state index in [0.29, 0.717) is 16.7 Å². The Balaban J connectivity index is 1.92. The number of benzene rings is 1. The summed E-state index contributed by atoms with van der Waals surface area (Å²) < 4.78 is 13.8. The molecule has 122 valence electrons. The van der Waals surface area contributed by atoms with Crippen LogP contribution < -0.4 is 0 Å². The van der Waals surface area contributed by atoms with Crippen LogP contribution in [-0.4, -0.2) is 22.8 Å². The van der Waals surface area contributed by atoms with Crippen LogP contribution in [0.1, 0.15) is 55.9 Å². The molecule has 3 rings (SSSR count). The summed E-state index contributed by atoms with van der Waals surface area (Å²) in [5, 5.41) is 1.05. The van der Waals surface area contributed by atoms with Crippen LogP contribution in [-0.2, 0) is 6.42 Å². The van der Waals surface area contributed by atoms with Gasteiger partial charge >= 0.3 is 0 Å². The van der Waals surface area contributed by atoms with Crippen LogP contribution in [0, 0.1) is 26.6 Å². The molecular weight excluding hydrogens is 311 g/mol. The smallest absolute Gasteiger partial charge is 0.254 e. The number of amides is 1. The van der Waals surface area contributed by atoms with E-state index in [1.165, 1.54) is 4.88 Å². The lowest BCUT2D eigenvalue weighted by Gasteiger charge is -2.31. The minimum atomic E-state index is -0.234. The number of thiazole rings is 1. The van der Waals surface area contributed by atoms with Crippen molar-refractivity contribution < 1.29 is 9.18 Å². The van der Waals surface area contributed by atoms with Gasteiger partial charge in [0.15, 0.2) is 0 Å². The van der Waals surface area contributed by atoms with Gasteiger partial charge in [-0.1, -0.05) is 0 Å². The summed E-state index contributed by atoms with van der Waals surface area (Å²) in [7, 11) is 1.84. The first-order valence-corrected chi connectivity index (χ1v) is 8.70. The molecule has 1 aromatic heterocycles. The van der Waals surface area contributed by atoms with E-state index in [1.54, 1.807) is 42.2 Å². The molecule has 23 heavy (non-hydrogen) atoms. The Morgan fingerprint density at radius 3 is 2.61 bits per heavy atom. The number of hydrogen-bond donors (Lipinski definition) is 0. The molecule has 0 bridgehead atoms. The summed E-state index contributed by atoms with van der Waals surface area (Å²) in [5.41, 5.74) is 2.71. The largest absolute Gasteiger partial charge is 0.334 e. The highest BCUT2D eigenvalue weighted by molar-refractivity contribution is 7.11. The Morgan fingerprint density at radius 1 is 1.30 bits per heavy atom. The molecule has 1 atom stereocenters. The minimum Gasteiger partial charge on any atom is -0.334 e. The zero-order valence-electron chi connectivity index (χ0n) is 13.9. The molecule has 1 heterocycles. The summed E-state index contributed by atoms with van der Waals surface area (Å²) in [6, 6.07) is 3.36. The van der Waals surface area contributed by atoms with Crippen molar-refractivity contribution in [2.45, 2.75) is 46.1 Å². The number of carbonyl (C=O) groups excluding carboxylic acids is 1. The highest BCUT2D eigenvalue weighted by atomic mass is 32.1. The predicted octanol–water partition coefficient (Wildman–Crippen LogP) is 4.36. The van der Waals surface area contributed by atoms with Gasteiger partial charge in [-0.05, 0) is 63.3 Å². The van der Waals surface area contributed by atoms with E-state index in [0.717, 1.165) is 30.0 Å². The van der Waals surface area contributed by atoms with Crippen LogP contribution >= 0.6 is 11.3 Å². The standard InChI is InChI=1S/C18H21FN2OS/c1-10-8-13(9-11(2)16(10)19)18(22)21(4)15-7-5-6-14-17(15)23-12(3)20-14/h8-9,15H,5-7H2,1-4H3/t15-/m1/s1. The number of nitrogens with zero attached hydrogens (tertiary/aromatic N) is 2. The van der Waals surface area contributed by atoms with E-state index in [9.17, 15) is 9.18 Å². The summed E-state index contributed by atoms with van der Waals surface area (Å²) in [6.07, 6.45) is 2.99. The topological polar surface area (TPSA) is 33.2 Å². The SMILES string of the molecule is Cc1nc2c(s1)[C@H](N(C)C(=O)c1cc(C)c(F)c(C)c1)CCC2. The third-order valence-corrected chi connectivity index (χ3v) is 5.61. The number of carbonyl (C=O) groups is 1. The summed E-state index contributed by atoms with van der Waals surface area (Å²) in [5.74, 6) is -0.289. The van der Waals surface area contributed by atoms with Crippen molar-refractivity contribution in [1.82, 2.24) is 9.88 Å². The van der Waals surface area contributed by atoms with Crippen molar-refractivity contribution in [2.75, 3.05) is 7.05 Å². The van der Waals surface area contributed by atoms with Crippen molar-refractivity contribution in [3.8, 4) is 0 Å². The Kier molecular flexibility index (Phi) is 4.23. The van der Waals surface area contributed by atoms with Crippen molar-refractivity contribution in [1.29, 1.82) is 0 Å². The molecule has 3 nitrogen and oxygen atoms in total. The van der Waals surface area contributed by atoms with Crippen LogP contribution in [0.4, 0.5) is 4.39 Å². The highest BCUT2D eigenvalue weighted by Crippen LogP contribution is 2.37. The van der Waals surface area contributed by atoms with Gasteiger partial charge in [-0.15, -0.1) is 11.3 Å². The van der Waals surface area contributed by atoms with E-state index < -0.39 is 0 Å².